The molecule has 1 aromatic rings. The maximum atomic E-state index is 13.1. The summed E-state index contributed by atoms with van der Waals surface area (Å²) < 4.78 is 38.7. The fourth-order valence-electron chi connectivity index (χ4n) is 1.09. The van der Waals surface area contributed by atoms with Crippen molar-refractivity contribution in [2.45, 2.75) is 18.2 Å². The zero-order chi connectivity index (χ0) is 11.6. The molecule has 0 aliphatic rings. The van der Waals surface area contributed by atoms with Gasteiger partial charge in [-0.3, -0.25) is 4.79 Å². The van der Waals surface area contributed by atoms with Gasteiger partial charge in [0.2, 0.25) is 0 Å². The van der Waals surface area contributed by atoms with Crippen molar-refractivity contribution in [2.75, 3.05) is 0 Å². The molecule has 1 aromatic carbocycles. The minimum Gasteiger partial charge on any atom is -0.299 e. The van der Waals surface area contributed by atoms with E-state index < -0.39 is 22.3 Å². The number of rotatable bonds is 3. The van der Waals surface area contributed by atoms with Gasteiger partial charge in [-0.1, -0.05) is 15.9 Å². The molecule has 0 saturated carbocycles. The van der Waals surface area contributed by atoms with Crippen molar-refractivity contribution in [1.29, 1.82) is 0 Å². The Kier molecular flexibility index (Phi) is 3.90. The fourth-order valence-corrected chi connectivity index (χ4v) is 1.44. The molecule has 1 nitrogen and oxygen atoms in total. The fraction of sp³-hybridized carbons (Fsp3) is 0.300. The van der Waals surface area contributed by atoms with Gasteiger partial charge in [0.15, 0.2) is 11.6 Å². The lowest BCUT2D eigenvalue weighted by atomic mass is 10.1. The molecule has 15 heavy (non-hydrogen) atoms. The molecule has 0 spiro atoms. The normalized spacial score (nSPS) is 12.6. The zero-order valence-electron chi connectivity index (χ0n) is 7.86. The number of benzene rings is 1. The van der Waals surface area contributed by atoms with Crippen molar-refractivity contribution in [2.24, 2.45) is 0 Å². The highest BCUT2D eigenvalue weighted by molar-refractivity contribution is 9.10. The van der Waals surface area contributed by atoms with E-state index in [1.165, 1.54) is 6.92 Å². The van der Waals surface area contributed by atoms with Crippen LogP contribution in [0.15, 0.2) is 12.1 Å². The van der Waals surface area contributed by atoms with Crippen molar-refractivity contribution in [1.82, 2.24) is 0 Å². The molecule has 5 heteroatoms. The maximum absolute atomic E-state index is 13.1. The Bertz CT molecular complexity index is 392. The molecule has 0 saturated heterocycles. The Morgan fingerprint density at radius 1 is 1.40 bits per heavy atom. The van der Waals surface area contributed by atoms with Crippen molar-refractivity contribution < 1.29 is 18.0 Å². The first kappa shape index (κ1) is 12.2. The number of alkyl halides is 1. The number of ketones is 1. The summed E-state index contributed by atoms with van der Waals surface area (Å²) in [6.45, 7) is 1.31. The summed E-state index contributed by atoms with van der Waals surface area (Å²) in [5, 5.41) is 0. The van der Waals surface area contributed by atoms with Gasteiger partial charge in [-0.25, -0.2) is 13.2 Å². The van der Waals surface area contributed by atoms with Gasteiger partial charge in [-0.2, -0.15) is 0 Å². The number of hydrogen-bond acceptors (Lipinski definition) is 1. The van der Waals surface area contributed by atoms with E-state index in [1.54, 1.807) is 0 Å². The van der Waals surface area contributed by atoms with Crippen LogP contribution in [0.2, 0.25) is 0 Å². The highest BCUT2D eigenvalue weighted by atomic mass is 79.9. The lowest BCUT2D eigenvalue weighted by Crippen LogP contribution is -2.14. The van der Waals surface area contributed by atoms with Crippen LogP contribution in [-0.4, -0.2) is 10.6 Å². The second-order valence-electron chi connectivity index (χ2n) is 3.14. The minimum absolute atomic E-state index is 0.0736. The molecule has 0 aliphatic carbocycles. The number of Topliss-reactive ketones (excluding diaryl/α,β-unsaturated/α-hetero) is 1. The van der Waals surface area contributed by atoms with Gasteiger partial charge in [0, 0.05) is 6.07 Å². The van der Waals surface area contributed by atoms with Crippen LogP contribution in [0.4, 0.5) is 13.2 Å². The smallest absolute Gasteiger partial charge is 0.162 e. The number of halogens is 4. The molecule has 1 rings (SSSR count). The predicted molar refractivity (Wildman–Crippen MR) is 53.4 cm³/mol. The van der Waals surface area contributed by atoms with E-state index in [4.69, 9.17) is 0 Å². The lowest BCUT2D eigenvalue weighted by Gasteiger charge is -2.07. The third-order valence-corrected chi connectivity index (χ3v) is 2.88. The van der Waals surface area contributed by atoms with Gasteiger partial charge in [-0.05, 0) is 25.0 Å². The Balaban J connectivity index is 2.99. The molecule has 0 amide bonds. The second-order valence-corrected chi connectivity index (χ2v) is 4.25. The first-order valence-electron chi connectivity index (χ1n) is 4.19. The number of carbonyl (C=O) groups excluding carboxylic acids is 1. The quantitative estimate of drug-likeness (QED) is 0.615. The molecule has 0 aliphatic heterocycles. The summed E-state index contributed by atoms with van der Waals surface area (Å²) in [6.07, 6.45) is -0.0736. The average Bonchev–Trinajstić information content (AvgIpc) is 2.13. The summed E-state index contributed by atoms with van der Waals surface area (Å²) in [5.41, 5.74) is -0.149. The van der Waals surface area contributed by atoms with Crippen LogP contribution >= 0.6 is 15.9 Å². The highest BCUT2D eigenvalue weighted by Crippen LogP contribution is 2.18. The van der Waals surface area contributed by atoms with Crippen LogP contribution in [0.5, 0.6) is 0 Å². The van der Waals surface area contributed by atoms with Crippen molar-refractivity contribution in [3.8, 4) is 0 Å². The minimum atomic E-state index is -1.24. The molecule has 0 fully saturated rings. The van der Waals surface area contributed by atoms with Crippen LogP contribution in [0.1, 0.15) is 12.5 Å². The summed E-state index contributed by atoms with van der Waals surface area (Å²) >= 11 is 3.00. The summed E-state index contributed by atoms with van der Waals surface area (Å²) in [6, 6.07) is 1.35. The SMILES string of the molecule is CC(=O)C(Br)Cc1cc(F)cc(F)c1F. The Hall–Kier alpha value is -0.840. The van der Waals surface area contributed by atoms with Crippen molar-refractivity contribution in [3.05, 3.63) is 35.1 Å². The van der Waals surface area contributed by atoms with E-state index in [-0.39, 0.29) is 17.8 Å². The molecule has 0 bridgehead atoms. The summed E-state index contributed by atoms with van der Waals surface area (Å²) in [5.74, 6) is -3.43. The first-order chi connectivity index (χ1) is 6.91. The third kappa shape index (κ3) is 3.06. The standard InChI is InChI=1S/C10H8BrF3O/c1-5(15)8(11)3-6-2-7(12)4-9(13)10(6)14/h2,4,8H,3H2,1H3. The molecule has 1 unspecified atom stereocenters. The zero-order valence-corrected chi connectivity index (χ0v) is 9.45. The molecule has 0 heterocycles. The van der Waals surface area contributed by atoms with E-state index in [0.717, 1.165) is 6.07 Å². The van der Waals surface area contributed by atoms with Crippen LogP contribution in [-0.2, 0) is 11.2 Å². The van der Waals surface area contributed by atoms with E-state index >= 15 is 0 Å². The first-order valence-corrected chi connectivity index (χ1v) is 5.11. The predicted octanol–water partition coefficient (Wildman–Crippen LogP) is 3.00. The van der Waals surface area contributed by atoms with Gasteiger partial charge >= 0.3 is 0 Å². The van der Waals surface area contributed by atoms with E-state index in [1.807, 2.05) is 0 Å². The van der Waals surface area contributed by atoms with Crippen LogP contribution in [0, 0.1) is 17.5 Å². The van der Waals surface area contributed by atoms with Crippen molar-refractivity contribution >= 4 is 21.7 Å². The Labute approximate surface area is 93.4 Å². The van der Waals surface area contributed by atoms with Gasteiger partial charge in [-0.15, -0.1) is 0 Å². The maximum Gasteiger partial charge on any atom is 0.162 e. The van der Waals surface area contributed by atoms with Crippen LogP contribution < -0.4 is 0 Å². The second kappa shape index (κ2) is 4.79. The van der Waals surface area contributed by atoms with Gasteiger partial charge in [0.25, 0.3) is 0 Å². The van der Waals surface area contributed by atoms with Gasteiger partial charge < -0.3 is 0 Å². The molecule has 0 aromatic heterocycles. The van der Waals surface area contributed by atoms with E-state index in [9.17, 15) is 18.0 Å². The van der Waals surface area contributed by atoms with E-state index in [0.29, 0.717) is 6.07 Å². The van der Waals surface area contributed by atoms with Gasteiger partial charge in [0.1, 0.15) is 11.6 Å². The number of hydrogen-bond donors (Lipinski definition) is 0. The Morgan fingerprint density at radius 2 is 2.00 bits per heavy atom. The Morgan fingerprint density at radius 3 is 2.53 bits per heavy atom. The highest BCUT2D eigenvalue weighted by Gasteiger charge is 2.16. The van der Waals surface area contributed by atoms with Crippen LogP contribution in [0.25, 0.3) is 0 Å². The monoisotopic (exact) mass is 280 g/mol. The molecular weight excluding hydrogens is 273 g/mol. The summed E-state index contributed by atoms with van der Waals surface area (Å²) in [4.78, 5) is 10.2. The van der Waals surface area contributed by atoms with Crippen molar-refractivity contribution in [3.63, 3.8) is 0 Å². The number of carbonyl (C=O) groups is 1. The summed E-state index contributed by atoms with van der Waals surface area (Å²) in [7, 11) is 0. The molecule has 82 valence electrons. The van der Waals surface area contributed by atoms with Gasteiger partial charge in [0.05, 0.1) is 4.83 Å². The molecular formula is C10H8BrF3O. The lowest BCUT2D eigenvalue weighted by molar-refractivity contribution is -0.116. The topological polar surface area (TPSA) is 17.1 Å². The molecule has 0 radical (unpaired) electrons. The third-order valence-electron chi connectivity index (χ3n) is 1.91. The average molecular weight is 281 g/mol. The largest absolute Gasteiger partial charge is 0.299 e. The molecule has 0 N–H and O–H groups in total. The van der Waals surface area contributed by atoms with E-state index in [2.05, 4.69) is 15.9 Å². The molecule has 1 atom stereocenters. The van der Waals surface area contributed by atoms with Crippen LogP contribution in [0.3, 0.4) is 0 Å².